The van der Waals surface area contributed by atoms with Crippen LogP contribution in [-0.2, 0) is 4.74 Å². The number of allylic oxidation sites excluding steroid dienone is 2. The number of ether oxygens (including phenoxy) is 1. The van der Waals surface area contributed by atoms with E-state index in [2.05, 4.69) is 73.6 Å². The zero-order chi connectivity index (χ0) is 22.9. The number of halogens is 2. The van der Waals surface area contributed by atoms with Gasteiger partial charge in [0.25, 0.3) is 0 Å². The molecule has 3 atom stereocenters. The summed E-state index contributed by atoms with van der Waals surface area (Å²) in [5, 5.41) is 3.68. The van der Waals surface area contributed by atoms with Gasteiger partial charge in [-0.3, -0.25) is 4.79 Å². The van der Waals surface area contributed by atoms with Crippen LogP contribution in [0, 0.1) is 5.92 Å². The highest BCUT2D eigenvalue weighted by atomic mass is 79.9. The zero-order valence-electron chi connectivity index (χ0n) is 17.6. The van der Waals surface area contributed by atoms with E-state index in [1.165, 1.54) is 5.56 Å². The number of carbonyl (C=O) groups excluding carboxylic acids is 2. The highest BCUT2D eigenvalue weighted by Crippen LogP contribution is 2.50. The summed E-state index contributed by atoms with van der Waals surface area (Å²) in [6.07, 6.45) is 5.44. The Bertz CT molecular complexity index is 1240. The number of esters is 1. The van der Waals surface area contributed by atoms with Crippen molar-refractivity contribution in [2.24, 2.45) is 5.92 Å². The fourth-order valence-corrected chi connectivity index (χ4v) is 5.18. The molecule has 33 heavy (non-hydrogen) atoms. The molecule has 4 nitrogen and oxygen atoms in total. The predicted molar refractivity (Wildman–Crippen MR) is 136 cm³/mol. The molecule has 0 spiro atoms. The van der Waals surface area contributed by atoms with Gasteiger partial charge in [-0.2, -0.15) is 0 Å². The van der Waals surface area contributed by atoms with E-state index in [0.29, 0.717) is 17.0 Å². The van der Waals surface area contributed by atoms with Crippen molar-refractivity contribution in [2.45, 2.75) is 18.4 Å². The number of ketones is 1. The first-order chi connectivity index (χ1) is 16.0. The Morgan fingerprint density at radius 3 is 2.30 bits per heavy atom. The predicted octanol–water partition coefficient (Wildman–Crippen LogP) is 7.08. The van der Waals surface area contributed by atoms with Crippen LogP contribution in [0.4, 0.5) is 5.69 Å². The van der Waals surface area contributed by atoms with Gasteiger partial charge in [-0.25, -0.2) is 4.79 Å². The molecule has 6 heteroatoms. The summed E-state index contributed by atoms with van der Waals surface area (Å²) in [5.74, 6) is -0.112. The van der Waals surface area contributed by atoms with Crippen LogP contribution in [0.3, 0.4) is 0 Å². The van der Waals surface area contributed by atoms with Crippen LogP contribution in [-0.4, -0.2) is 18.4 Å². The molecule has 0 saturated carbocycles. The lowest BCUT2D eigenvalue weighted by Gasteiger charge is -2.37. The molecule has 3 aromatic carbocycles. The van der Waals surface area contributed by atoms with E-state index < -0.39 is 5.97 Å². The molecule has 1 aliphatic carbocycles. The summed E-state index contributed by atoms with van der Waals surface area (Å²) in [6.45, 7) is -0.284. The molecule has 1 N–H and O–H groups in total. The van der Waals surface area contributed by atoms with Gasteiger partial charge in [0.1, 0.15) is 0 Å². The molecular weight excluding hydrogens is 546 g/mol. The Hall–Kier alpha value is -2.70. The van der Waals surface area contributed by atoms with Gasteiger partial charge in [-0.05, 0) is 65.9 Å². The Balaban J connectivity index is 1.33. The number of rotatable bonds is 5. The van der Waals surface area contributed by atoms with Crippen molar-refractivity contribution in [3.8, 4) is 0 Å². The lowest BCUT2D eigenvalue weighted by Crippen LogP contribution is -2.29. The lowest BCUT2D eigenvalue weighted by molar-refractivity contribution is 0.0474. The summed E-state index contributed by atoms with van der Waals surface area (Å²) in [6, 6.07) is 21.2. The molecule has 0 fully saturated rings. The average molecular weight is 567 g/mol. The second-order valence-corrected chi connectivity index (χ2v) is 10.2. The quantitative estimate of drug-likeness (QED) is 0.204. The Morgan fingerprint density at radius 1 is 0.909 bits per heavy atom. The third kappa shape index (κ3) is 4.55. The van der Waals surface area contributed by atoms with Gasteiger partial charge in [0.2, 0.25) is 0 Å². The zero-order valence-corrected chi connectivity index (χ0v) is 20.8. The van der Waals surface area contributed by atoms with Crippen molar-refractivity contribution in [1.29, 1.82) is 0 Å². The third-order valence-corrected chi connectivity index (χ3v) is 7.39. The van der Waals surface area contributed by atoms with Gasteiger partial charge in [0.05, 0.1) is 11.6 Å². The Kier molecular flexibility index (Phi) is 6.21. The van der Waals surface area contributed by atoms with E-state index in [1.54, 1.807) is 30.3 Å². The van der Waals surface area contributed by atoms with E-state index in [-0.39, 0.29) is 24.3 Å². The standard InChI is InChI=1S/C27H21Br2NO3/c28-19-9-4-16(5-10-19)25(31)15-33-27(32)18-8-13-24-23(14-18)21-2-1-3-22(21)26(30-24)17-6-11-20(29)12-7-17/h1-2,4-14,21-22,26,30H,3,15H2/t21-,22+,26-/m0/s1. The number of hydrogen-bond acceptors (Lipinski definition) is 4. The molecule has 1 heterocycles. The van der Waals surface area contributed by atoms with Crippen LogP contribution < -0.4 is 5.32 Å². The second-order valence-electron chi connectivity index (χ2n) is 8.34. The summed E-state index contributed by atoms with van der Waals surface area (Å²) >= 11 is 6.86. The molecule has 0 bridgehead atoms. The number of carbonyl (C=O) groups is 2. The third-order valence-electron chi connectivity index (χ3n) is 6.33. The van der Waals surface area contributed by atoms with E-state index in [0.717, 1.165) is 26.6 Å². The number of fused-ring (bicyclic) bond motifs is 3. The van der Waals surface area contributed by atoms with Crippen LogP contribution in [0.2, 0.25) is 0 Å². The monoisotopic (exact) mass is 565 g/mol. The fourth-order valence-electron chi connectivity index (χ4n) is 4.66. The van der Waals surface area contributed by atoms with E-state index in [1.807, 2.05) is 12.1 Å². The Labute approximate surface area is 209 Å². The first-order valence-corrected chi connectivity index (χ1v) is 12.4. The topological polar surface area (TPSA) is 55.4 Å². The highest BCUT2D eigenvalue weighted by molar-refractivity contribution is 9.10. The normalized spacial score (nSPS) is 20.5. The minimum atomic E-state index is -0.489. The van der Waals surface area contributed by atoms with Crippen molar-refractivity contribution in [3.05, 3.63) is 110 Å². The number of benzene rings is 3. The minimum Gasteiger partial charge on any atom is -0.454 e. The molecule has 0 amide bonds. The van der Waals surface area contributed by atoms with Crippen LogP contribution in [0.15, 0.2) is 87.8 Å². The number of nitrogens with one attached hydrogen (secondary N) is 1. The number of hydrogen-bond donors (Lipinski definition) is 1. The smallest absolute Gasteiger partial charge is 0.338 e. The van der Waals surface area contributed by atoms with Crippen LogP contribution in [0.25, 0.3) is 0 Å². The first-order valence-electron chi connectivity index (χ1n) is 10.8. The average Bonchev–Trinajstić information content (AvgIpc) is 3.33. The first kappa shape index (κ1) is 22.1. The van der Waals surface area contributed by atoms with Crippen molar-refractivity contribution in [3.63, 3.8) is 0 Å². The summed E-state index contributed by atoms with van der Waals surface area (Å²) < 4.78 is 7.29. The van der Waals surface area contributed by atoms with Gasteiger partial charge in [-0.1, -0.05) is 68.3 Å². The maximum absolute atomic E-state index is 12.7. The molecule has 0 saturated heterocycles. The van der Waals surface area contributed by atoms with Crippen molar-refractivity contribution in [1.82, 2.24) is 0 Å². The van der Waals surface area contributed by atoms with E-state index >= 15 is 0 Å². The summed E-state index contributed by atoms with van der Waals surface area (Å²) in [5.41, 5.74) is 4.34. The molecule has 5 rings (SSSR count). The van der Waals surface area contributed by atoms with Gasteiger partial charge < -0.3 is 10.1 Å². The molecule has 0 unspecified atom stereocenters. The van der Waals surface area contributed by atoms with Crippen LogP contribution in [0.1, 0.15) is 50.2 Å². The molecule has 0 aromatic heterocycles. The van der Waals surface area contributed by atoms with Gasteiger partial charge in [-0.15, -0.1) is 0 Å². The molecule has 0 radical (unpaired) electrons. The molecule has 3 aromatic rings. The van der Waals surface area contributed by atoms with Crippen molar-refractivity contribution < 1.29 is 14.3 Å². The Morgan fingerprint density at radius 2 is 1.58 bits per heavy atom. The minimum absolute atomic E-state index is 0.201. The highest BCUT2D eigenvalue weighted by Gasteiger charge is 2.38. The SMILES string of the molecule is O=C(COC(=O)c1ccc2c(c1)[C@H]1C=CC[C@H]1[C@H](c1ccc(Br)cc1)N2)c1ccc(Br)cc1. The molecule has 1 aliphatic heterocycles. The molecule has 2 aliphatic rings. The summed E-state index contributed by atoms with van der Waals surface area (Å²) in [4.78, 5) is 25.1. The van der Waals surface area contributed by atoms with Crippen LogP contribution in [0.5, 0.6) is 0 Å². The number of anilines is 1. The summed E-state index contributed by atoms with van der Waals surface area (Å²) in [7, 11) is 0. The fraction of sp³-hybridized carbons (Fsp3) is 0.185. The maximum Gasteiger partial charge on any atom is 0.338 e. The lowest BCUT2D eigenvalue weighted by atomic mass is 9.76. The van der Waals surface area contributed by atoms with Crippen molar-refractivity contribution >= 4 is 49.3 Å². The largest absolute Gasteiger partial charge is 0.454 e. The van der Waals surface area contributed by atoms with E-state index in [4.69, 9.17) is 4.74 Å². The van der Waals surface area contributed by atoms with Gasteiger partial charge in [0, 0.05) is 26.1 Å². The van der Waals surface area contributed by atoms with Crippen molar-refractivity contribution in [2.75, 3.05) is 11.9 Å². The molecule has 166 valence electrons. The van der Waals surface area contributed by atoms with Gasteiger partial charge in [0.15, 0.2) is 12.4 Å². The molecular formula is C27H21Br2NO3. The van der Waals surface area contributed by atoms with Crippen LogP contribution >= 0.6 is 31.9 Å². The number of Topliss-reactive ketones (excluding diaryl/α,β-unsaturated/α-hetero) is 1. The second kappa shape index (κ2) is 9.27. The maximum atomic E-state index is 12.7. The van der Waals surface area contributed by atoms with E-state index in [9.17, 15) is 9.59 Å². The van der Waals surface area contributed by atoms with Gasteiger partial charge >= 0.3 is 5.97 Å².